The molecule has 0 atom stereocenters. The fourth-order valence-electron chi connectivity index (χ4n) is 2.21. The zero-order valence-corrected chi connectivity index (χ0v) is 12.5. The number of benzene rings is 1. The van der Waals surface area contributed by atoms with Crippen molar-refractivity contribution in [2.24, 2.45) is 0 Å². The Morgan fingerprint density at radius 1 is 1.50 bits per heavy atom. The quantitative estimate of drug-likeness (QED) is 0.677. The first-order valence-corrected chi connectivity index (χ1v) is 7.18. The zero-order chi connectivity index (χ0) is 14.9. The van der Waals surface area contributed by atoms with Crippen molar-refractivity contribution in [3.63, 3.8) is 0 Å². The third kappa shape index (κ3) is 2.73. The summed E-state index contributed by atoms with van der Waals surface area (Å²) in [4.78, 5) is 17.1. The summed E-state index contributed by atoms with van der Waals surface area (Å²) in [6.45, 7) is 6.06. The van der Waals surface area contributed by atoms with Gasteiger partial charge in [0.25, 0.3) is 5.69 Å². The van der Waals surface area contributed by atoms with Crippen molar-refractivity contribution in [1.82, 2.24) is 4.98 Å². The Balaban J connectivity index is 2.64. The molecule has 6 nitrogen and oxygen atoms in total. The van der Waals surface area contributed by atoms with Crippen molar-refractivity contribution in [2.75, 3.05) is 18.1 Å². The Hall–Kier alpha value is -1.73. The van der Waals surface area contributed by atoms with Crippen LogP contribution in [0.3, 0.4) is 0 Å². The summed E-state index contributed by atoms with van der Waals surface area (Å²) in [5, 5.41) is 21.4. The van der Waals surface area contributed by atoms with Gasteiger partial charge in [-0.25, -0.2) is 4.98 Å². The molecule has 1 aromatic heterocycles. The normalized spacial score (nSPS) is 11.2. The number of anilines is 1. The highest BCUT2D eigenvalue weighted by Gasteiger charge is 2.23. The Labute approximate surface area is 120 Å². The second-order valence-corrected chi connectivity index (χ2v) is 6.04. The van der Waals surface area contributed by atoms with Crippen LogP contribution >= 0.6 is 11.3 Å². The van der Waals surface area contributed by atoms with Gasteiger partial charge in [-0.15, -0.1) is 11.3 Å². The molecule has 0 saturated carbocycles. The number of aliphatic hydroxyl groups is 1. The predicted molar refractivity (Wildman–Crippen MR) is 80.6 cm³/mol. The number of hydrogen-bond donors (Lipinski definition) is 1. The van der Waals surface area contributed by atoms with Gasteiger partial charge < -0.3 is 10.0 Å². The van der Waals surface area contributed by atoms with Gasteiger partial charge in [0.2, 0.25) is 0 Å². The van der Waals surface area contributed by atoms with Gasteiger partial charge in [-0.1, -0.05) is 0 Å². The summed E-state index contributed by atoms with van der Waals surface area (Å²) in [7, 11) is 0. The summed E-state index contributed by atoms with van der Waals surface area (Å²) in [5.74, 6) is 0. The molecule has 2 aromatic rings. The highest BCUT2D eigenvalue weighted by Crippen LogP contribution is 2.35. The van der Waals surface area contributed by atoms with Crippen molar-refractivity contribution < 1.29 is 10.0 Å². The molecule has 0 aliphatic carbocycles. The Morgan fingerprint density at radius 3 is 2.75 bits per heavy atom. The van der Waals surface area contributed by atoms with Crippen LogP contribution in [0.4, 0.5) is 11.4 Å². The van der Waals surface area contributed by atoms with Crippen molar-refractivity contribution in [3.8, 4) is 0 Å². The molecule has 20 heavy (non-hydrogen) atoms. The van der Waals surface area contributed by atoms with Crippen LogP contribution in [0.2, 0.25) is 0 Å². The fraction of sp³-hybridized carbons (Fsp3) is 0.462. The van der Waals surface area contributed by atoms with E-state index in [1.165, 1.54) is 11.3 Å². The number of fused-ring (bicyclic) bond motifs is 1. The molecule has 0 amide bonds. The lowest BCUT2D eigenvalue weighted by Crippen LogP contribution is -2.33. The number of thiazole rings is 1. The van der Waals surface area contributed by atoms with E-state index >= 15 is 0 Å². The van der Waals surface area contributed by atoms with Gasteiger partial charge >= 0.3 is 0 Å². The first kappa shape index (κ1) is 14.7. The largest absolute Gasteiger partial charge is 0.395 e. The van der Waals surface area contributed by atoms with E-state index in [1.54, 1.807) is 12.1 Å². The molecule has 2 rings (SSSR count). The van der Waals surface area contributed by atoms with Gasteiger partial charge in [-0.2, -0.15) is 0 Å². The van der Waals surface area contributed by atoms with Gasteiger partial charge in [0.15, 0.2) is 0 Å². The Kier molecular flexibility index (Phi) is 4.20. The number of aryl methyl sites for hydroxylation is 1. The Bertz CT molecular complexity index is 639. The standard InChI is InChI=1S/C13H17N3O3S/c1-8(2)15(4-5-17)11-6-10-13(20-9(3)14-10)7-12(11)16(18)19/h6-8,17H,4-5H2,1-3H3. The highest BCUT2D eigenvalue weighted by molar-refractivity contribution is 7.18. The lowest BCUT2D eigenvalue weighted by molar-refractivity contribution is -0.384. The van der Waals surface area contributed by atoms with Crippen molar-refractivity contribution >= 4 is 32.9 Å². The number of nitro benzene ring substituents is 1. The molecule has 0 aliphatic rings. The SMILES string of the molecule is Cc1nc2cc(N(CCO)C(C)C)c([N+](=O)[O-])cc2s1. The van der Waals surface area contributed by atoms with Gasteiger partial charge in [0, 0.05) is 18.7 Å². The van der Waals surface area contributed by atoms with Crippen molar-refractivity contribution in [1.29, 1.82) is 0 Å². The van der Waals surface area contributed by atoms with Crippen LogP contribution in [0.25, 0.3) is 10.2 Å². The Morgan fingerprint density at radius 2 is 2.20 bits per heavy atom. The van der Waals surface area contributed by atoms with Gasteiger partial charge in [-0.3, -0.25) is 10.1 Å². The van der Waals surface area contributed by atoms with Crippen LogP contribution < -0.4 is 4.90 Å². The minimum absolute atomic E-state index is 0.0521. The maximum absolute atomic E-state index is 11.3. The summed E-state index contributed by atoms with van der Waals surface area (Å²) >= 11 is 1.44. The van der Waals surface area contributed by atoms with Crippen molar-refractivity contribution in [2.45, 2.75) is 26.8 Å². The van der Waals surface area contributed by atoms with E-state index in [0.717, 1.165) is 15.2 Å². The molecule has 7 heteroatoms. The molecular weight excluding hydrogens is 278 g/mol. The van der Waals surface area contributed by atoms with E-state index in [1.807, 2.05) is 25.7 Å². The molecular formula is C13H17N3O3S. The number of nitro groups is 1. The predicted octanol–water partition coefficient (Wildman–Crippen LogP) is 2.72. The van der Waals surface area contributed by atoms with Crippen LogP contribution in [0, 0.1) is 17.0 Å². The van der Waals surface area contributed by atoms with E-state index in [-0.39, 0.29) is 23.3 Å². The minimum atomic E-state index is -0.378. The highest BCUT2D eigenvalue weighted by atomic mass is 32.1. The maximum Gasteiger partial charge on any atom is 0.294 e. The summed E-state index contributed by atoms with van der Waals surface area (Å²) < 4.78 is 0.811. The fourth-order valence-corrected chi connectivity index (χ4v) is 3.05. The first-order valence-electron chi connectivity index (χ1n) is 6.37. The zero-order valence-electron chi connectivity index (χ0n) is 11.7. The van der Waals surface area contributed by atoms with E-state index in [0.29, 0.717) is 12.2 Å². The lowest BCUT2D eigenvalue weighted by atomic mass is 10.2. The molecule has 0 radical (unpaired) electrons. The van der Waals surface area contributed by atoms with Crippen LogP contribution in [0.5, 0.6) is 0 Å². The third-order valence-corrected chi connectivity index (χ3v) is 4.00. The molecule has 0 fully saturated rings. The van der Waals surface area contributed by atoms with Gasteiger partial charge in [-0.05, 0) is 26.8 Å². The van der Waals surface area contributed by atoms with E-state index in [9.17, 15) is 10.1 Å². The molecule has 0 spiro atoms. The average Bonchev–Trinajstić information content (AvgIpc) is 2.73. The number of nitrogens with zero attached hydrogens (tertiary/aromatic N) is 3. The molecule has 108 valence electrons. The second kappa shape index (κ2) is 5.72. The van der Waals surface area contributed by atoms with E-state index in [4.69, 9.17) is 5.11 Å². The third-order valence-electron chi connectivity index (χ3n) is 3.06. The average molecular weight is 295 g/mol. The summed E-state index contributed by atoms with van der Waals surface area (Å²) in [6, 6.07) is 3.37. The first-order chi connectivity index (χ1) is 9.43. The van der Waals surface area contributed by atoms with E-state index < -0.39 is 0 Å². The molecule has 0 bridgehead atoms. The van der Waals surface area contributed by atoms with Crippen LogP contribution in [0.1, 0.15) is 18.9 Å². The molecule has 0 saturated heterocycles. The molecule has 1 aromatic carbocycles. The molecule has 1 N–H and O–H groups in total. The number of aliphatic hydroxyl groups excluding tert-OH is 1. The molecule has 0 aliphatic heterocycles. The number of hydrogen-bond acceptors (Lipinski definition) is 6. The summed E-state index contributed by atoms with van der Waals surface area (Å²) in [5.41, 5.74) is 1.33. The van der Waals surface area contributed by atoms with E-state index in [2.05, 4.69) is 4.98 Å². The van der Waals surface area contributed by atoms with Crippen LogP contribution in [-0.2, 0) is 0 Å². The van der Waals surface area contributed by atoms with Crippen LogP contribution in [0.15, 0.2) is 12.1 Å². The molecule has 0 unspecified atom stereocenters. The second-order valence-electron chi connectivity index (χ2n) is 4.81. The summed E-state index contributed by atoms with van der Waals surface area (Å²) in [6.07, 6.45) is 0. The maximum atomic E-state index is 11.3. The topological polar surface area (TPSA) is 79.5 Å². The van der Waals surface area contributed by atoms with Gasteiger partial charge in [0.05, 0.1) is 26.8 Å². The monoisotopic (exact) mass is 295 g/mol. The van der Waals surface area contributed by atoms with Crippen molar-refractivity contribution in [3.05, 3.63) is 27.3 Å². The lowest BCUT2D eigenvalue weighted by Gasteiger charge is -2.27. The van der Waals surface area contributed by atoms with Gasteiger partial charge in [0.1, 0.15) is 5.69 Å². The van der Waals surface area contributed by atoms with Crippen LogP contribution in [-0.4, -0.2) is 34.2 Å². The minimum Gasteiger partial charge on any atom is -0.395 e. The smallest absolute Gasteiger partial charge is 0.294 e. The number of rotatable bonds is 5. The number of aromatic nitrogens is 1. The molecule has 1 heterocycles.